The number of amides is 1. The molecule has 4 rings (SSSR count). The van der Waals surface area contributed by atoms with E-state index in [-0.39, 0.29) is 11.9 Å². The lowest BCUT2D eigenvalue weighted by Crippen LogP contribution is -2.43. The van der Waals surface area contributed by atoms with E-state index in [4.69, 9.17) is 4.74 Å². The Morgan fingerprint density at radius 3 is 2.57 bits per heavy atom. The summed E-state index contributed by atoms with van der Waals surface area (Å²) in [4.78, 5) is 15.3. The second-order valence-electron chi connectivity index (χ2n) is 6.88. The number of rotatable bonds is 6. The van der Waals surface area contributed by atoms with E-state index in [1.165, 1.54) is 5.56 Å². The van der Waals surface area contributed by atoms with E-state index in [9.17, 15) is 4.79 Å². The van der Waals surface area contributed by atoms with Crippen LogP contribution in [-0.2, 0) is 11.8 Å². The molecule has 0 spiro atoms. The topological polar surface area (TPSA) is 64.3 Å². The molecule has 1 amide bonds. The van der Waals surface area contributed by atoms with Crippen LogP contribution >= 0.6 is 0 Å². The molecule has 3 heterocycles. The zero-order chi connectivity index (χ0) is 19.3. The third-order valence-electron chi connectivity index (χ3n) is 5.13. The summed E-state index contributed by atoms with van der Waals surface area (Å²) in [6, 6.07) is 14.3. The third kappa shape index (κ3) is 3.85. The first-order valence-corrected chi connectivity index (χ1v) is 9.54. The largest absolute Gasteiger partial charge is 0.379 e. The Hall–Kier alpha value is -2.90. The first kappa shape index (κ1) is 18.5. The fraction of sp³-hybridized carbons (Fsp3) is 0.333. The number of hydrogen-bond donors (Lipinski definition) is 1. The summed E-state index contributed by atoms with van der Waals surface area (Å²) in [7, 11) is 1.84. The molecule has 1 saturated heterocycles. The summed E-state index contributed by atoms with van der Waals surface area (Å²) in [6.07, 6.45) is 5.44. The molecule has 0 saturated carbocycles. The van der Waals surface area contributed by atoms with Gasteiger partial charge in [-0.1, -0.05) is 30.3 Å². The Balaban J connectivity index is 1.52. The summed E-state index contributed by atoms with van der Waals surface area (Å²) >= 11 is 0. The van der Waals surface area contributed by atoms with Gasteiger partial charge < -0.3 is 14.6 Å². The minimum atomic E-state index is -0.119. The molecular formula is C21H25N5O2. The summed E-state index contributed by atoms with van der Waals surface area (Å²) in [5, 5.41) is 7.40. The van der Waals surface area contributed by atoms with E-state index in [1.54, 1.807) is 10.9 Å². The number of aromatic nitrogens is 3. The Bertz CT molecular complexity index is 898. The van der Waals surface area contributed by atoms with E-state index in [1.807, 2.05) is 54.3 Å². The number of ether oxygens (including phenoxy) is 1. The quantitative estimate of drug-likeness (QED) is 0.712. The van der Waals surface area contributed by atoms with Gasteiger partial charge in [0, 0.05) is 39.1 Å². The number of benzene rings is 1. The summed E-state index contributed by atoms with van der Waals surface area (Å²) in [5.41, 5.74) is 1.76. The Morgan fingerprint density at radius 1 is 1.14 bits per heavy atom. The van der Waals surface area contributed by atoms with Crippen molar-refractivity contribution in [3.63, 3.8) is 0 Å². The minimum absolute atomic E-state index is 0.112. The molecule has 0 bridgehead atoms. The Kier molecular flexibility index (Phi) is 5.55. The standard InChI is InChI=1S/C21H25N5O2/c1-24-21(26-9-5-6-10-26)18(15-23-24)20(27)22-16-19(17-7-3-2-4-8-17)25-11-13-28-14-12-25/h2-10,15,19H,11-14,16H2,1H3,(H,22,27). The minimum Gasteiger partial charge on any atom is -0.379 e. The highest BCUT2D eigenvalue weighted by atomic mass is 16.5. The number of hydrogen-bond acceptors (Lipinski definition) is 4. The molecule has 1 unspecified atom stereocenters. The van der Waals surface area contributed by atoms with Crippen LogP contribution in [-0.4, -0.2) is 58.0 Å². The summed E-state index contributed by atoms with van der Waals surface area (Å²) < 4.78 is 9.11. The second-order valence-corrected chi connectivity index (χ2v) is 6.88. The summed E-state index contributed by atoms with van der Waals surface area (Å²) in [6.45, 7) is 3.69. The Morgan fingerprint density at radius 2 is 1.86 bits per heavy atom. The number of aryl methyl sites for hydroxylation is 1. The van der Waals surface area contributed by atoms with Crippen molar-refractivity contribution < 1.29 is 9.53 Å². The van der Waals surface area contributed by atoms with Gasteiger partial charge in [-0.2, -0.15) is 5.10 Å². The van der Waals surface area contributed by atoms with Crippen LogP contribution in [0.15, 0.2) is 61.1 Å². The maximum atomic E-state index is 13.0. The molecule has 1 N–H and O–H groups in total. The van der Waals surface area contributed by atoms with Crippen molar-refractivity contribution in [2.45, 2.75) is 6.04 Å². The summed E-state index contributed by atoms with van der Waals surface area (Å²) in [5.74, 6) is 0.635. The van der Waals surface area contributed by atoms with Crippen molar-refractivity contribution in [3.05, 3.63) is 72.2 Å². The average Bonchev–Trinajstić information content (AvgIpc) is 3.39. The van der Waals surface area contributed by atoms with Crippen LogP contribution in [0.25, 0.3) is 5.82 Å². The monoisotopic (exact) mass is 379 g/mol. The highest BCUT2D eigenvalue weighted by Gasteiger charge is 2.24. The molecule has 28 heavy (non-hydrogen) atoms. The number of carbonyl (C=O) groups excluding carboxylic acids is 1. The van der Waals surface area contributed by atoms with Crippen LogP contribution in [0.1, 0.15) is 22.0 Å². The molecule has 1 aliphatic rings. The molecule has 0 aliphatic carbocycles. The zero-order valence-corrected chi connectivity index (χ0v) is 16.0. The van der Waals surface area contributed by atoms with Crippen LogP contribution < -0.4 is 5.32 Å². The van der Waals surface area contributed by atoms with Crippen molar-refractivity contribution >= 4 is 5.91 Å². The van der Waals surface area contributed by atoms with Crippen molar-refractivity contribution in [1.29, 1.82) is 0 Å². The zero-order valence-electron chi connectivity index (χ0n) is 16.0. The third-order valence-corrected chi connectivity index (χ3v) is 5.13. The molecular weight excluding hydrogens is 354 g/mol. The lowest BCUT2D eigenvalue weighted by Gasteiger charge is -2.34. The first-order chi connectivity index (χ1) is 13.7. The van der Waals surface area contributed by atoms with Crippen LogP contribution in [0, 0.1) is 0 Å². The van der Waals surface area contributed by atoms with E-state index in [2.05, 4.69) is 27.4 Å². The maximum absolute atomic E-state index is 13.0. The average molecular weight is 379 g/mol. The highest BCUT2D eigenvalue weighted by Crippen LogP contribution is 2.21. The van der Waals surface area contributed by atoms with Gasteiger partial charge in [-0.3, -0.25) is 14.4 Å². The van der Waals surface area contributed by atoms with E-state index in [0.717, 1.165) is 32.1 Å². The smallest absolute Gasteiger partial charge is 0.256 e. The predicted molar refractivity (Wildman–Crippen MR) is 106 cm³/mol. The predicted octanol–water partition coefficient (Wildman–Crippen LogP) is 2.01. The molecule has 1 aromatic carbocycles. The van der Waals surface area contributed by atoms with Gasteiger partial charge in [0.2, 0.25) is 0 Å². The number of morpholine rings is 1. The fourth-order valence-corrected chi connectivity index (χ4v) is 3.68. The van der Waals surface area contributed by atoms with Crippen molar-refractivity contribution in [1.82, 2.24) is 24.6 Å². The highest BCUT2D eigenvalue weighted by molar-refractivity contribution is 5.97. The number of nitrogens with zero attached hydrogens (tertiary/aromatic N) is 4. The molecule has 2 aromatic heterocycles. The van der Waals surface area contributed by atoms with Gasteiger partial charge in [-0.05, 0) is 17.7 Å². The molecule has 7 nitrogen and oxygen atoms in total. The first-order valence-electron chi connectivity index (χ1n) is 9.54. The molecule has 0 radical (unpaired) electrons. The normalized spacial score (nSPS) is 16.0. The molecule has 1 fully saturated rings. The van der Waals surface area contributed by atoms with E-state index in [0.29, 0.717) is 12.1 Å². The van der Waals surface area contributed by atoms with Gasteiger partial charge in [0.15, 0.2) is 0 Å². The van der Waals surface area contributed by atoms with Gasteiger partial charge >= 0.3 is 0 Å². The molecule has 7 heteroatoms. The molecule has 146 valence electrons. The van der Waals surface area contributed by atoms with Gasteiger partial charge in [-0.25, -0.2) is 0 Å². The number of nitrogens with one attached hydrogen (secondary N) is 1. The lowest BCUT2D eigenvalue weighted by atomic mass is 10.0. The Labute approximate surface area is 164 Å². The van der Waals surface area contributed by atoms with Crippen LogP contribution in [0.4, 0.5) is 0 Å². The lowest BCUT2D eigenvalue weighted by molar-refractivity contribution is 0.0162. The molecule has 1 aliphatic heterocycles. The van der Waals surface area contributed by atoms with E-state index < -0.39 is 0 Å². The van der Waals surface area contributed by atoms with Crippen molar-refractivity contribution in [3.8, 4) is 5.82 Å². The molecule has 3 aromatic rings. The van der Waals surface area contributed by atoms with Gasteiger partial charge in [0.05, 0.1) is 25.5 Å². The van der Waals surface area contributed by atoms with Crippen LogP contribution in [0.2, 0.25) is 0 Å². The van der Waals surface area contributed by atoms with Gasteiger partial charge in [-0.15, -0.1) is 0 Å². The van der Waals surface area contributed by atoms with Crippen molar-refractivity contribution in [2.24, 2.45) is 7.05 Å². The maximum Gasteiger partial charge on any atom is 0.256 e. The van der Waals surface area contributed by atoms with E-state index >= 15 is 0 Å². The van der Waals surface area contributed by atoms with Crippen molar-refractivity contribution in [2.75, 3.05) is 32.8 Å². The number of carbonyl (C=O) groups is 1. The van der Waals surface area contributed by atoms with Crippen LogP contribution in [0.5, 0.6) is 0 Å². The fourth-order valence-electron chi connectivity index (χ4n) is 3.68. The molecule has 1 atom stereocenters. The second kappa shape index (κ2) is 8.41. The van der Waals surface area contributed by atoms with Gasteiger partial charge in [0.25, 0.3) is 5.91 Å². The van der Waals surface area contributed by atoms with Crippen LogP contribution in [0.3, 0.4) is 0 Å². The van der Waals surface area contributed by atoms with Gasteiger partial charge in [0.1, 0.15) is 11.4 Å². The SMILES string of the molecule is Cn1ncc(C(=O)NCC(c2ccccc2)N2CCOCC2)c1-n1cccc1.